The molecule has 0 spiro atoms. The van der Waals surface area contributed by atoms with Crippen molar-refractivity contribution in [3.63, 3.8) is 0 Å². The van der Waals surface area contributed by atoms with Crippen molar-refractivity contribution in [2.24, 2.45) is 0 Å². The molecule has 2 heteroatoms. The fourth-order valence-corrected chi connectivity index (χ4v) is 1.68. The Bertz CT molecular complexity index is 45.5. The van der Waals surface area contributed by atoms with E-state index in [1.807, 2.05) is 13.8 Å². The Morgan fingerprint density at radius 2 is 1.67 bits per heavy atom. The number of hydrogen-bond donors (Lipinski definition) is 0. The molecule has 0 saturated heterocycles. The molecular formula is C4H10OSn. The summed E-state index contributed by atoms with van der Waals surface area (Å²) in [5.41, 5.74) is 0. The molecule has 0 fully saturated rings. The van der Waals surface area contributed by atoms with Crippen LogP contribution >= 0.6 is 0 Å². The quantitative estimate of drug-likeness (QED) is 0.606. The van der Waals surface area contributed by atoms with E-state index in [4.69, 9.17) is 0 Å². The molecule has 0 heterocycles. The van der Waals surface area contributed by atoms with Crippen LogP contribution in [0.2, 0.25) is 8.87 Å². The van der Waals surface area contributed by atoms with Crippen molar-refractivity contribution in [3.8, 4) is 0 Å². The minimum atomic E-state index is -1.87. The Kier molecular flexibility index (Phi) is 4.15. The molecular weight excluding hydrogens is 183 g/mol. The predicted molar refractivity (Wildman–Crippen MR) is 27.4 cm³/mol. The third kappa shape index (κ3) is 2.82. The van der Waals surface area contributed by atoms with Gasteiger partial charge in [-0.15, -0.1) is 0 Å². The zero-order valence-electron chi connectivity index (χ0n) is 4.32. The van der Waals surface area contributed by atoms with Gasteiger partial charge in [0.15, 0.2) is 0 Å². The summed E-state index contributed by atoms with van der Waals surface area (Å²) in [4.78, 5) is 0. The van der Waals surface area contributed by atoms with Crippen LogP contribution < -0.4 is 0 Å². The van der Waals surface area contributed by atoms with Crippen LogP contribution in [0.1, 0.15) is 13.8 Å². The standard InChI is InChI=1S/2C2H5.O.Sn/c2*1-2;;/h2*1H2,2H3;;. The summed E-state index contributed by atoms with van der Waals surface area (Å²) in [6, 6.07) is 0. The average molecular weight is 193 g/mol. The molecule has 6 heavy (non-hydrogen) atoms. The second-order valence-electron chi connectivity index (χ2n) is 1.25. The summed E-state index contributed by atoms with van der Waals surface area (Å²) < 4.78 is 12.4. The van der Waals surface area contributed by atoms with Gasteiger partial charge in [-0.05, 0) is 0 Å². The Balaban J connectivity index is 2.99. The first-order valence-electron chi connectivity index (χ1n) is 2.33. The summed E-state index contributed by atoms with van der Waals surface area (Å²) in [5, 5.41) is 0. The summed E-state index contributed by atoms with van der Waals surface area (Å²) >= 11 is -1.87. The van der Waals surface area contributed by atoms with Crippen LogP contribution in [-0.4, -0.2) is 19.7 Å². The van der Waals surface area contributed by atoms with E-state index < -0.39 is 19.7 Å². The van der Waals surface area contributed by atoms with E-state index in [2.05, 4.69) is 0 Å². The summed E-state index contributed by atoms with van der Waals surface area (Å²) in [7, 11) is 0. The molecule has 0 N–H and O–H groups in total. The molecule has 0 bridgehead atoms. The topological polar surface area (TPSA) is 17.1 Å². The fourth-order valence-electron chi connectivity index (χ4n) is 0.250. The molecule has 0 amide bonds. The molecule has 0 aliphatic carbocycles. The van der Waals surface area contributed by atoms with Crippen LogP contribution in [0.15, 0.2) is 0 Å². The second kappa shape index (κ2) is 3.78. The molecule has 0 rings (SSSR count). The molecule has 0 atom stereocenters. The monoisotopic (exact) mass is 194 g/mol. The molecule has 0 aliphatic heterocycles. The Labute approximate surface area is 45.9 Å². The Morgan fingerprint density at radius 1 is 1.33 bits per heavy atom. The van der Waals surface area contributed by atoms with E-state index in [-0.39, 0.29) is 0 Å². The van der Waals surface area contributed by atoms with Crippen LogP contribution in [0.5, 0.6) is 0 Å². The van der Waals surface area contributed by atoms with Crippen molar-refractivity contribution < 1.29 is 3.08 Å². The summed E-state index contributed by atoms with van der Waals surface area (Å²) in [6.07, 6.45) is 0. The molecule has 0 aromatic heterocycles. The van der Waals surface area contributed by atoms with E-state index in [0.717, 1.165) is 8.87 Å². The maximum absolute atomic E-state index is 10.5. The van der Waals surface area contributed by atoms with E-state index in [9.17, 15) is 3.08 Å². The van der Waals surface area contributed by atoms with E-state index in [1.54, 1.807) is 0 Å². The summed E-state index contributed by atoms with van der Waals surface area (Å²) in [6.45, 7) is 4.01. The van der Waals surface area contributed by atoms with Crippen molar-refractivity contribution >= 4 is 19.7 Å². The van der Waals surface area contributed by atoms with Crippen LogP contribution in [0.25, 0.3) is 0 Å². The van der Waals surface area contributed by atoms with Gasteiger partial charge in [-0.25, -0.2) is 0 Å². The maximum atomic E-state index is 10.5. The van der Waals surface area contributed by atoms with Gasteiger partial charge in [0.2, 0.25) is 0 Å². The van der Waals surface area contributed by atoms with Crippen LogP contribution in [-0.2, 0) is 3.08 Å². The zero-order chi connectivity index (χ0) is 4.99. The fraction of sp³-hybridized carbons (Fsp3) is 1.00. The molecule has 0 aliphatic rings. The first-order valence-corrected chi connectivity index (χ1v) is 7.53. The average Bonchev–Trinajstić information content (AvgIpc) is 1.65. The number of hydrogen-bond acceptors (Lipinski definition) is 1. The van der Waals surface area contributed by atoms with E-state index in [1.165, 1.54) is 0 Å². The van der Waals surface area contributed by atoms with Gasteiger partial charge in [-0.2, -0.15) is 0 Å². The SMILES string of the molecule is C[CH2][Sn](=[O])[CH2]C. The van der Waals surface area contributed by atoms with E-state index in [0.29, 0.717) is 0 Å². The van der Waals surface area contributed by atoms with Crippen LogP contribution in [0, 0.1) is 0 Å². The first-order chi connectivity index (χ1) is 2.81. The molecule has 0 unspecified atom stereocenters. The van der Waals surface area contributed by atoms with Crippen LogP contribution in [0.3, 0.4) is 0 Å². The second-order valence-corrected chi connectivity index (χ2v) is 8.36. The van der Waals surface area contributed by atoms with Gasteiger partial charge in [0.1, 0.15) is 0 Å². The third-order valence-electron chi connectivity index (χ3n) is 0.789. The molecule has 0 saturated carbocycles. The van der Waals surface area contributed by atoms with Gasteiger partial charge in [0.25, 0.3) is 0 Å². The predicted octanol–water partition coefficient (Wildman–Crippen LogP) is 1.45. The van der Waals surface area contributed by atoms with Crippen molar-refractivity contribution in [3.05, 3.63) is 0 Å². The minimum absolute atomic E-state index is 0.971. The van der Waals surface area contributed by atoms with Crippen molar-refractivity contribution in [2.45, 2.75) is 22.7 Å². The molecule has 0 aromatic carbocycles. The third-order valence-corrected chi connectivity index (χ3v) is 5.29. The van der Waals surface area contributed by atoms with Crippen LogP contribution in [0.4, 0.5) is 0 Å². The Morgan fingerprint density at radius 3 is 1.67 bits per heavy atom. The van der Waals surface area contributed by atoms with Gasteiger partial charge in [0, 0.05) is 0 Å². The van der Waals surface area contributed by atoms with Crippen molar-refractivity contribution in [1.82, 2.24) is 0 Å². The normalized spacial score (nSPS) is 8.33. The summed E-state index contributed by atoms with van der Waals surface area (Å²) in [5.74, 6) is 0. The Hall–Kier alpha value is 0.599. The van der Waals surface area contributed by atoms with Gasteiger partial charge < -0.3 is 0 Å². The molecule has 1 nitrogen and oxygen atoms in total. The van der Waals surface area contributed by atoms with Crippen molar-refractivity contribution in [2.75, 3.05) is 0 Å². The molecule has 0 radical (unpaired) electrons. The van der Waals surface area contributed by atoms with Gasteiger partial charge in [-0.3, -0.25) is 0 Å². The molecule has 36 valence electrons. The zero-order valence-corrected chi connectivity index (χ0v) is 7.18. The van der Waals surface area contributed by atoms with Gasteiger partial charge >= 0.3 is 45.5 Å². The van der Waals surface area contributed by atoms with Gasteiger partial charge in [-0.1, -0.05) is 0 Å². The number of rotatable bonds is 2. The first kappa shape index (κ1) is 6.60. The van der Waals surface area contributed by atoms with E-state index >= 15 is 0 Å². The van der Waals surface area contributed by atoms with Crippen molar-refractivity contribution in [1.29, 1.82) is 0 Å². The van der Waals surface area contributed by atoms with Gasteiger partial charge in [0.05, 0.1) is 0 Å². The molecule has 0 aromatic rings.